The van der Waals surface area contributed by atoms with Crippen molar-refractivity contribution in [2.45, 2.75) is 31.7 Å². The number of unbranched alkanes of at least 4 members (excludes halogenated alkanes) is 1. The van der Waals surface area contributed by atoms with Crippen molar-refractivity contribution in [3.05, 3.63) is 59.7 Å². The minimum Gasteiger partial charge on any atom is -0.496 e. The van der Waals surface area contributed by atoms with Gasteiger partial charge in [-0.15, -0.1) is 12.4 Å². The summed E-state index contributed by atoms with van der Waals surface area (Å²) in [6.07, 6.45) is 4.55. The molecular formula is C24H32ClN3O2. The molecule has 4 rings (SSSR count). The number of anilines is 1. The average Bonchev–Trinajstić information content (AvgIpc) is 2.78. The summed E-state index contributed by atoms with van der Waals surface area (Å²) in [4.78, 5) is 17.5. The van der Waals surface area contributed by atoms with Gasteiger partial charge in [-0.2, -0.15) is 0 Å². The molecule has 1 unspecified atom stereocenters. The van der Waals surface area contributed by atoms with Crippen LogP contribution in [0.3, 0.4) is 0 Å². The van der Waals surface area contributed by atoms with Crippen LogP contribution in [-0.4, -0.2) is 56.7 Å². The van der Waals surface area contributed by atoms with Crippen molar-refractivity contribution in [1.82, 2.24) is 10.2 Å². The Morgan fingerprint density at radius 3 is 2.77 bits per heavy atom. The van der Waals surface area contributed by atoms with Gasteiger partial charge in [0.15, 0.2) is 0 Å². The van der Waals surface area contributed by atoms with Gasteiger partial charge in [-0.05, 0) is 56.0 Å². The fourth-order valence-electron chi connectivity index (χ4n) is 4.60. The minimum absolute atomic E-state index is 0. The van der Waals surface area contributed by atoms with Crippen LogP contribution in [0, 0.1) is 0 Å². The van der Waals surface area contributed by atoms with E-state index in [2.05, 4.69) is 39.4 Å². The first-order valence-corrected chi connectivity index (χ1v) is 10.7. The van der Waals surface area contributed by atoms with Gasteiger partial charge >= 0.3 is 0 Å². The average molecular weight is 430 g/mol. The number of hydrogen-bond donors (Lipinski definition) is 1. The third-order valence-corrected chi connectivity index (χ3v) is 6.15. The van der Waals surface area contributed by atoms with Gasteiger partial charge in [0.1, 0.15) is 5.75 Å². The van der Waals surface area contributed by atoms with Crippen LogP contribution in [0.25, 0.3) is 0 Å². The topological polar surface area (TPSA) is 44.8 Å². The number of benzene rings is 2. The number of carbonyl (C=O) groups is 1. The number of amides is 1. The number of hydrogen-bond acceptors (Lipinski definition) is 4. The van der Waals surface area contributed by atoms with Crippen molar-refractivity contribution in [1.29, 1.82) is 0 Å². The van der Waals surface area contributed by atoms with Gasteiger partial charge in [-0.1, -0.05) is 30.3 Å². The lowest BCUT2D eigenvalue weighted by molar-refractivity contribution is 0.0949. The highest BCUT2D eigenvalue weighted by Gasteiger charge is 2.30. The maximum atomic E-state index is 12.3. The molecule has 1 fully saturated rings. The molecule has 0 saturated carbocycles. The zero-order valence-electron chi connectivity index (χ0n) is 17.7. The lowest BCUT2D eigenvalue weighted by Gasteiger charge is -2.46. The fraction of sp³-hybridized carbons (Fsp3) is 0.458. The molecule has 0 radical (unpaired) electrons. The van der Waals surface area contributed by atoms with Crippen LogP contribution in [0.4, 0.5) is 5.69 Å². The first-order chi connectivity index (χ1) is 14.3. The number of rotatable bonds is 7. The highest BCUT2D eigenvalue weighted by molar-refractivity contribution is 5.96. The van der Waals surface area contributed by atoms with Crippen LogP contribution in [0.2, 0.25) is 0 Å². The highest BCUT2D eigenvalue weighted by atomic mass is 35.5. The normalized spacial score (nSPS) is 18.0. The Hall–Kier alpha value is -2.24. The summed E-state index contributed by atoms with van der Waals surface area (Å²) in [5, 5.41) is 3.02. The molecule has 2 aromatic carbocycles. The molecule has 2 aliphatic heterocycles. The second kappa shape index (κ2) is 10.7. The van der Waals surface area contributed by atoms with E-state index in [4.69, 9.17) is 4.74 Å². The number of para-hydroxylation sites is 2. The Balaban J connectivity index is 0.00000256. The van der Waals surface area contributed by atoms with Crippen LogP contribution < -0.4 is 15.0 Å². The van der Waals surface area contributed by atoms with Gasteiger partial charge in [0, 0.05) is 37.9 Å². The van der Waals surface area contributed by atoms with Crippen LogP contribution in [0.5, 0.6) is 5.75 Å². The molecule has 2 aliphatic rings. The molecule has 1 N–H and O–H groups in total. The third-order valence-electron chi connectivity index (χ3n) is 6.15. The summed E-state index contributed by atoms with van der Waals surface area (Å²) in [5.41, 5.74) is 3.55. The lowest BCUT2D eigenvalue weighted by Crippen LogP contribution is -2.55. The predicted octanol–water partition coefficient (Wildman–Crippen LogP) is 3.76. The van der Waals surface area contributed by atoms with Gasteiger partial charge in [0.2, 0.25) is 0 Å². The third kappa shape index (κ3) is 5.08. The molecule has 1 amide bonds. The minimum atomic E-state index is -0.0584. The number of aryl methyl sites for hydroxylation is 1. The Labute approximate surface area is 185 Å². The van der Waals surface area contributed by atoms with E-state index in [1.54, 1.807) is 13.2 Å². The molecule has 1 atom stereocenters. The Morgan fingerprint density at radius 1 is 1.10 bits per heavy atom. The molecule has 6 heteroatoms. The summed E-state index contributed by atoms with van der Waals surface area (Å²) in [7, 11) is 1.59. The van der Waals surface area contributed by atoms with Gasteiger partial charge in [-0.3, -0.25) is 9.69 Å². The zero-order chi connectivity index (χ0) is 20.1. The van der Waals surface area contributed by atoms with Crippen LogP contribution in [0.15, 0.2) is 48.5 Å². The Kier molecular flexibility index (Phi) is 8.00. The summed E-state index contributed by atoms with van der Waals surface area (Å²) in [6, 6.07) is 16.9. The number of halogens is 1. The van der Waals surface area contributed by atoms with Crippen LogP contribution >= 0.6 is 12.4 Å². The number of fused-ring (bicyclic) bond motifs is 3. The fourth-order valence-corrected chi connectivity index (χ4v) is 4.60. The molecule has 0 bridgehead atoms. The Morgan fingerprint density at radius 2 is 1.90 bits per heavy atom. The smallest absolute Gasteiger partial charge is 0.255 e. The van der Waals surface area contributed by atoms with Gasteiger partial charge in [0.25, 0.3) is 5.91 Å². The van der Waals surface area contributed by atoms with Gasteiger partial charge in [0.05, 0.1) is 12.7 Å². The quantitative estimate of drug-likeness (QED) is 0.680. The van der Waals surface area contributed by atoms with E-state index in [9.17, 15) is 4.79 Å². The SMILES string of the molecule is COc1ccccc1C(=O)NCCCCN1CCN2c3ccccc3CCC2C1.Cl. The molecule has 30 heavy (non-hydrogen) atoms. The molecule has 2 heterocycles. The van der Waals surface area contributed by atoms with Gasteiger partial charge in [-0.25, -0.2) is 0 Å². The van der Waals surface area contributed by atoms with Gasteiger partial charge < -0.3 is 15.0 Å². The Bertz CT molecular complexity index is 845. The second-order valence-corrected chi connectivity index (χ2v) is 7.98. The first kappa shape index (κ1) is 22.4. The number of nitrogens with one attached hydrogen (secondary N) is 1. The molecule has 0 aliphatic carbocycles. The largest absolute Gasteiger partial charge is 0.496 e. The molecule has 0 spiro atoms. The maximum Gasteiger partial charge on any atom is 0.255 e. The summed E-state index contributed by atoms with van der Waals surface area (Å²) in [6.45, 7) is 5.21. The van der Waals surface area contributed by atoms with E-state index in [0.29, 0.717) is 23.9 Å². The number of piperazine rings is 1. The van der Waals surface area contributed by atoms with Crippen LogP contribution in [-0.2, 0) is 6.42 Å². The highest BCUT2D eigenvalue weighted by Crippen LogP contribution is 2.32. The zero-order valence-corrected chi connectivity index (χ0v) is 18.5. The number of methoxy groups -OCH3 is 1. The van der Waals surface area contributed by atoms with E-state index < -0.39 is 0 Å². The van der Waals surface area contributed by atoms with Crippen molar-refractivity contribution >= 4 is 24.0 Å². The number of nitrogens with zero attached hydrogens (tertiary/aromatic N) is 2. The number of carbonyl (C=O) groups excluding carboxylic acids is 1. The molecule has 162 valence electrons. The van der Waals surface area contributed by atoms with Crippen molar-refractivity contribution in [2.75, 3.05) is 44.7 Å². The summed E-state index contributed by atoms with van der Waals surface area (Å²) >= 11 is 0. The van der Waals surface area contributed by atoms with Crippen molar-refractivity contribution in [3.63, 3.8) is 0 Å². The lowest BCUT2D eigenvalue weighted by atomic mass is 9.94. The molecule has 0 aromatic heterocycles. The molecular weight excluding hydrogens is 398 g/mol. The monoisotopic (exact) mass is 429 g/mol. The second-order valence-electron chi connectivity index (χ2n) is 7.98. The van der Waals surface area contributed by atoms with E-state index in [1.165, 1.54) is 24.1 Å². The van der Waals surface area contributed by atoms with Crippen molar-refractivity contribution in [2.24, 2.45) is 0 Å². The van der Waals surface area contributed by atoms with E-state index in [0.717, 1.165) is 39.0 Å². The summed E-state index contributed by atoms with van der Waals surface area (Å²) in [5.74, 6) is 0.564. The standard InChI is InChI=1S/C24H31N3O2.ClH/c1-29-23-11-5-3-9-21(23)24(28)25-14-6-7-15-26-16-17-27-20(18-26)13-12-19-8-2-4-10-22(19)27;/h2-5,8-11,20H,6-7,12-18H2,1H3,(H,25,28);1H. The first-order valence-electron chi connectivity index (χ1n) is 10.7. The molecule has 2 aromatic rings. The van der Waals surface area contributed by atoms with E-state index in [-0.39, 0.29) is 18.3 Å². The van der Waals surface area contributed by atoms with Crippen molar-refractivity contribution < 1.29 is 9.53 Å². The van der Waals surface area contributed by atoms with Crippen molar-refractivity contribution in [3.8, 4) is 5.75 Å². The predicted molar refractivity (Wildman–Crippen MR) is 124 cm³/mol. The number of ether oxygens (including phenoxy) is 1. The molecule has 1 saturated heterocycles. The van der Waals surface area contributed by atoms with E-state index >= 15 is 0 Å². The summed E-state index contributed by atoms with van der Waals surface area (Å²) < 4.78 is 5.27. The van der Waals surface area contributed by atoms with Crippen LogP contribution in [0.1, 0.15) is 35.2 Å². The maximum absolute atomic E-state index is 12.3. The molecule has 5 nitrogen and oxygen atoms in total. The van der Waals surface area contributed by atoms with E-state index in [1.807, 2.05) is 18.2 Å².